The third-order valence-corrected chi connectivity index (χ3v) is 10.2. The van der Waals surface area contributed by atoms with Crippen molar-refractivity contribution in [3.8, 4) is 0 Å². The minimum absolute atomic E-state index is 0.123. The zero-order valence-electron chi connectivity index (χ0n) is 40.5. The van der Waals surface area contributed by atoms with Crippen LogP contribution in [0.15, 0.2) is 109 Å². The molecule has 0 spiro atoms. The molecule has 0 saturated carbocycles. The van der Waals surface area contributed by atoms with Crippen molar-refractivity contribution in [1.82, 2.24) is 0 Å². The van der Waals surface area contributed by atoms with Crippen molar-refractivity contribution < 1.29 is 28.6 Å². The molecule has 1 atom stereocenters. The molecule has 0 rings (SSSR count). The van der Waals surface area contributed by atoms with Gasteiger partial charge in [0.05, 0.1) is 0 Å². The highest BCUT2D eigenvalue weighted by Crippen LogP contribution is 2.11. The smallest absolute Gasteiger partial charge is 0.306 e. The van der Waals surface area contributed by atoms with E-state index in [-0.39, 0.29) is 44.0 Å². The Morgan fingerprint density at radius 1 is 0.317 bits per heavy atom. The zero-order valence-corrected chi connectivity index (χ0v) is 40.5. The number of hydrogen-bond donors (Lipinski definition) is 0. The van der Waals surface area contributed by atoms with Crippen LogP contribution in [0.5, 0.6) is 0 Å². The second kappa shape index (κ2) is 50.7. The summed E-state index contributed by atoms with van der Waals surface area (Å²) in [5.74, 6) is -1.06. The Kier molecular flexibility index (Phi) is 47.5. The van der Waals surface area contributed by atoms with Crippen LogP contribution in [0, 0.1) is 0 Å². The van der Waals surface area contributed by atoms with Crippen LogP contribution < -0.4 is 0 Å². The van der Waals surface area contributed by atoms with Crippen molar-refractivity contribution in [2.24, 2.45) is 0 Å². The van der Waals surface area contributed by atoms with Gasteiger partial charge in [0.1, 0.15) is 13.2 Å². The summed E-state index contributed by atoms with van der Waals surface area (Å²) in [6.45, 7) is 6.42. The largest absolute Gasteiger partial charge is 0.462 e. The third-order valence-electron chi connectivity index (χ3n) is 10.2. The molecule has 0 bridgehead atoms. The fourth-order valence-electron chi connectivity index (χ4n) is 6.35. The minimum Gasteiger partial charge on any atom is -0.462 e. The average molecular weight is 873 g/mol. The number of carbonyl (C=O) groups excluding carboxylic acids is 3. The maximum Gasteiger partial charge on any atom is 0.306 e. The van der Waals surface area contributed by atoms with E-state index in [9.17, 15) is 14.4 Å². The van der Waals surface area contributed by atoms with Gasteiger partial charge in [-0.2, -0.15) is 0 Å². The van der Waals surface area contributed by atoms with Gasteiger partial charge < -0.3 is 14.2 Å². The summed E-state index contributed by atoms with van der Waals surface area (Å²) >= 11 is 0. The number of rotatable bonds is 44. The highest BCUT2D eigenvalue weighted by Gasteiger charge is 2.19. The first-order valence-electron chi connectivity index (χ1n) is 25.4. The van der Waals surface area contributed by atoms with Crippen LogP contribution in [0.1, 0.15) is 213 Å². The quantitative estimate of drug-likeness (QED) is 0.0263. The number of ether oxygens (including phenoxy) is 3. The second-order valence-corrected chi connectivity index (χ2v) is 16.4. The van der Waals surface area contributed by atoms with Gasteiger partial charge in [-0.15, -0.1) is 0 Å². The summed E-state index contributed by atoms with van der Waals surface area (Å²) in [6.07, 6.45) is 67.9. The van der Waals surface area contributed by atoms with Gasteiger partial charge in [0.15, 0.2) is 6.10 Å². The van der Waals surface area contributed by atoms with Crippen LogP contribution in [0.2, 0.25) is 0 Å². The molecule has 0 aliphatic heterocycles. The fraction of sp³-hybridized carbons (Fsp3) is 0.632. The van der Waals surface area contributed by atoms with Crippen LogP contribution >= 0.6 is 0 Å². The maximum absolute atomic E-state index is 12.8. The molecule has 356 valence electrons. The third kappa shape index (κ3) is 49.0. The minimum atomic E-state index is -0.833. The number of carbonyl (C=O) groups is 3. The van der Waals surface area contributed by atoms with Gasteiger partial charge in [-0.05, 0) is 116 Å². The number of unbranched alkanes of at least 4 members (excludes halogenated alkanes) is 15. The van der Waals surface area contributed by atoms with E-state index in [1.165, 1.54) is 77.0 Å². The molecule has 0 unspecified atom stereocenters. The van der Waals surface area contributed by atoms with Crippen molar-refractivity contribution in [2.75, 3.05) is 13.2 Å². The van der Waals surface area contributed by atoms with Crippen molar-refractivity contribution in [3.05, 3.63) is 109 Å². The molecular formula is C57H92O6. The molecule has 0 radical (unpaired) electrons. The lowest BCUT2D eigenvalue weighted by atomic mass is 10.1. The second-order valence-electron chi connectivity index (χ2n) is 16.4. The van der Waals surface area contributed by atoms with Crippen molar-refractivity contribution in [1.29, 1.82) is 0 Å². The summed E-state index contributed by atoms with van der Waals surface area (Å²) < 4.78 is 16.7. The van der Waals surface area contributed by atoms with Gasteiger partial charge in [0, 0.05) is 19.3 Å². The van der Waals surface area contributed by atoms with Gasteiger partial charge in [0.25, 0.3) is 0 Å². The fourth-order valence-corrected chi connectivity index (χ4v) is 6.35. The molecule has 0 aromatic heterocycles. The lowest BCUT2D eigenvalue weighted by Crippen LogP contribution is -2.30. The van der Waals surface area contributed by atoms with Crippen LogP contribution in [0.25, 0.3) is 0 Å². The van der Waals surface area contributed by atoms with Gasteiger partial charge >= 0.3 is 17.9 Å². The average Bonchev–Trinajstić information content (AvgIpc) is 3.28. The van der Waals surface area contributed by atoms with Crippen LogP contribution in [-0.4, -0.2) is 37.2 Å². The Hall–Kier alpha value is -3.93. The molecule has 0 aromatic rings. The van der Waals surface area contributed by atoms with Crippen molar-refractivity contribution in [3.63, 3.8) is 0 Å². The predicted molar refractivity (Wildman–Crippen MR) is 270 cm³/mol. The summed E-state index contributed by atoms with van der Waals surface area (Å²) in [5.41, 5.74) is 0. The molecule has 6 nitrogen and oxygen atoms in total. The van der Waals surface area contributed by atoms with Crippen LogP contribution in [0.3, 0.4) is 0 Å². The molecule has 63 heavy (non-hydrogen) atoms. The number of allylic oxidation sites excluding steroid dienone is 18. The maximum atomic E-state index is 12.8. The first-order chi connectivity index (χ1) is 31.0. The molecule has 0 amide bonds. The lowest BCUT2D eigenvalue weighted by Gasteiger charge is -2.18. The first-order valence-corrected chi connectivity index (χ1v) is 25.4. The molecule has 0 aliphatic carbocycles. The van der Waals surface area contributed by atoms with Gasteiger partial charge in [-0.25, -0.2) is 0 Å². The van der Waals surface area contributed by atoms with E-state index < -0.39 is 6.10 Å². The summed E-state index contributed by atoms with van der Waals surface area (Å²) in [4.78, 5) is 37.9. The molecule has 0 fully saturated rings. The van der Waals surface area contributed by atoms with E-state index in [1.54, 1.807) is 0 Å². The Balaban J connectivity index is 4.58. The van der Waals surface area contributed by atoms with Crippen LogP contribution in [-0.2, 0) is 28.6 Å². The normalized spacial score (nSPS) is 13.0. The van der Waals surface area contributed by atoms with Crippen molar-refractivity contribution >= 4 is 17.9 Å². The molecule has 6 heteroatoms. The molecular weight excluding hydrogens is 781 g/mol. The predicted octanol–water partition coefficient (Wildman–Crippen LogP) is 16.8. The van der Waals surface area contributed by atoms with E-state index in [0.29, 0.717) is 19.3 Å². The number of esters is 3. The van der Waals surface area contributed by atoms with E-state index in [4.69, 9.17) is 14.2 Å². The van der Waals surface area contributed by atoms with Crippen LogP contribution in [0.4, 0.5) is 0 Å². The lowest BCUT2D eigenvalue weighted by molar-refractivity contribution is -0.167. The first kappa shape index (κ1) is 59.1. The van der Waals surface area contributed by atoms with Gasteiger partial charge in [-0.1, -0.05) is 188 Å². The molecule has 0 N–H and O–H groups in total. The van der Waals surface area contributed by atoms with Gasteiger partial charge in [0.2, 0.25) is 0 Å². The van der Waals surface area contributed by atoms with E-state index in [0.717, 1.165) is 83.5 Å². The Morgan fingerprint density at radius 3 is 1.02 bits per heavy atom. The molecule has 0 saturated heterocycles. The Morgan fingerprint density at radius 2 is 0.603 bits per heavy atom. The Labute approximate surface area is 387 Å². The molecule has 0 aromatic carbocycles. The summed E-state index contributed by atoms with van der Waals surface area (Å²) in [5, 5.41) is 0. The Bertz CT molecular complexity index is 1330. The van der Waals surface area contributed by atoms with Gasteiger partial charge in [-0.3, -0.25) is 14.4 Å². The summed E-state index contributed by atoms with van der Waals surface area (Å²) in [7, 11) is 0. The summed E-state index contributed by atoms with van der Waals surface area (Å²) in [6, 6.07) is 0. The topological polar surface area (TPSA) is 78.9 Å². The van der Waals surface area contributed by atoms with E-state index >= 15 is 0 Å². The number of hydrogen-bond acceptors (Lipinski definition) is 6. The molecule has 0 heterocycles. The highest BCUT2D eigenvalue weighted by atomic mass is 16.6. The SMILES string of the molecule is CCCC/C=C\CCCCCCCC(=O)OC[C@@H](COC(=O)CCC/C=C\C/C=C\C/C=C\C/C=C\CCCCC)OC(=O)CCC/C=C\C/C=C\C/C=C\C/C=C\CCCCC. The monoisotopic (exact) mass is 873 g/mol. The van der Waals surface area contributed by atoms with E-state index in [1.807, 2.05) is 0 Å². The highest BCUT2D eigenvalue weighted by molar-refractivity contribution is 5.71. The standard InChI is InChI=1S/C57H92O6/c1-4-7-10-13-16-19-22-24-26-28-30-32-35-38-41-44-47-50-56(59)62-53-54(52-61-55(58)49-46-43-40-37-34-21-18-15-12-9-6-3)63-57(60)51-48-45-42-39-36-33-31-29-27-25-23-20-17-14-11-8-5-2/h15-20,24-27,30-33,38-39,41-42,54H,4-14,21-23,28-29,34-37,40,43-53H2,1-3H3/b18-15-,19-16-,20-17-,26-24-,27-25-,32-30-,33-31-,41-38-,42-39-/t54-/m0/s1. The zero-order chi connectivity index (χ0) is 45.8. The van der Waals surface area contributed by atoms with Crippen molar-refractivity contribution in [2.45, 2.75) is 219 Å². The van der Waals surface area contributed by atoms with E-state index in [2.05, 4.69) is 130 Å². The molecule has 0 aliphatic rings.